The van der Waals surface area contributed by atoms with Crippen molar-refractivity contribution in [3.05, 3.63) is 22.7 Å². The quantitative estimate of drug-likeness (QED) is 0.606. The molecule has 1 aromatic heterocycles. The Kier molecular flexibility index (Phi) is 5.13. The summed E-state index contributed by atoms with van der Waals surface area (Å²) in [5, 5.41) is 17.4. The zero-order chi connectivity index (χ0) is 13.7. The number of anilines is 1. The number of alkyl halides is 2. The van der Waals surface area contributed by atoms with Gasteiger partial charge in [0, 0.05) is 6.20 Å². The van der Waals surface area contributed by atoms with Crippen molar-refractivity contribution in [3.63, 3.8) is 0 Å². The molecule has 0 saturated carbocycles. The Balaban J connectivity index is 2.92. The molecule has 1 heterocycles. The Hall–Kier alpha value is -1.58. The van der Waals surface area contributed by atoms with Crippen molar-refractivity contribution in [1.82, 2.24) is 9.55 Å². The van der Waals surface area contributed by atoms with Crippen LogP contribution in [0.2, 0.25) is 0 Å². The highest BCUT2D eigenvalue weighted by atomic mass is 19.1. The lowest BCUT2D eigenvalue weighted by Crippen LogP contribution is -2.37. The van der Waals surface area contributed by atoms with E-state index in [9.17, 15) is 13.6 Å². The van der Waals surface area contributed by atoms with Gasteiger partial charge in [0.05, 0.1) is 6.61 Å². The van der Waals surface area contributed by atoms with Crippen LogP contribution in [-0.4, -0.2) is 45.5 Å². The Morgan fingerprint density at radius 2 is 2.28 bits per heavy atom. The largest absolute Gasteiger partial charge is 0.393 e. The van der Waals surface area contributed by atoms with Gasteiger partial charge in [0.25, 0.3) is 0 Å². The fourth-order valence-electron chi connectivity index (χ4n) is 1.22. The molecule has 0 bridgehead atoms. The average Bonchev–Trinajstić information content (AvgIpc) is 2.31. The minimum atomic E-state index is -2.50. The summed E-state index contributed by atoms with van der Waals surface area (Å²) in [4.78, 5) is 14.7. The highest BCUT2D eigenvalue weighted by molar-refractivity contribution is 5.23. The van der Waals surface area contributed by atoms with Crippen LogP contribution in [0.25, 0.3) is 0 Å². The van der Waals surface area contributed by atoms with Gasteiger partial charge in [-0.1, -0.05) is 0 Å². The lowest BCUT2D eigenvalue weighted by molar-refractivity contribution is -0.165. The highest BCUT2D eigenvalue weighted by Crippen LogP contribution is 2.13. The van der Waals surface area contributed by atoms with E-state index in [4.69, 9.17) is 20.7 Å². The molecule has 0 radical (unpaired) electrons. The molecule has 0 aliphatic rings. The molecule has 7 nitrogen and oxygen atoms in total. The van der Waals surface area contributed by atoms with E-state index in [1.807, 2.05) is 0 Å². The van der Waals surface area contributed by atoms with E-state index in [-0.39, 0.29) is 5.82 Å². The Labute approximate surface area is 100 Å². The fourth-order valence-corrected chi connectivity index (χ4v) is 1.22. The van der Waals surface area contributed by atoms with Crippen LogP contribution < -0.4 is 11.4 Å². The zero-order valence-corrected chi connectivity index (χ0v) is 9.24. The second kappa shape index (κ2) is 6.38. The average molecular weight is 265 g/mol. The molecule has 1 rings (SSSR count). The number of rotatable bonds is 6. The summed E-state index contributed by atoms with van der Waals surface area (Å²) >= 11 is 0. The Morgan fingerprint density at radius 1 is 1.61 bits per heavy atom. The summed E-state index contributed by atoms with van der Waals surface area (Å²) in [5.74, 6) is -0.0573. The van der Waals surface area contributed by atoms with Crippen molar-refractivity contribution in [1.29, 1.82) is 0 Å². The maximum Gasteiger partial charge on any atom is 0.351 e. The lowest BCUT2D eigenvalue weighted by atomic mass is 10.4. The van der Waals surface area contributed by atoms with Crippen molar-refractivity contribution in [3.8, 4) is 0 Å². The third kappa shape index (κ3) is 3.45. The van der Waals surface area contributed by atoms with Gasteiger partial charge in [-0.25, -0.2) is 13.6 Å². The number of hydrogen-bond donors (Lipinski definition) is 3. The van der Waals surface area contributed by atoms with E-state index in [2.05, 4.69) is 4.98 Å². The first-order chi connectivity index (χ1) is 8.49. The molecule has 0 amide bonds. The van der Waals surface area contributed by atoms with Crippen LogP contribution in [0.4, 0.5) is 14.6 Å². The predicted octanol–water partition coefficient (Wildman–Crippen LogP) is -1.04. The number of aromatic nitrogens is 2. The molecule has 0 saturated heterocycles. The first kappa shape index (κ1) is 14.5. The molecule has 1 aromatic rings. The Morgan fingerprint density at radius 3 is 2.72 bits per heavy atom. The third-order valence-electron chi connectivity index (χ3n) is 2.11. The topological polar surface area (TPSA) is 111 Å². The third-order valence-corrected chi connectivity index (χ3v) is 2.11. The van der Waals surface area contributed by atoms with Gasteiger partial charge in [0.2, 0.25) is 6.36 Å². The van der Waals surface area contributed by atoms with Gasteiger partial charge in [-0.2, -0.15) is 4.98 Å². The molecule has 0 fully saturated rings. The van der Waals surface area contributed by atoms with Crippen molar-refractivity contribution in [2.75, 3.05) is 19.0 Å². The van der Waals surface area contributed by atoms with Gasteiger partial charge in [-0.05, 0) is 6.07 Å². The van der Waals surface area contributed by atoms with E-state index in [0.29, 0.717) is 0 Å². The Bertz CT molecular complexity index is 440. The van der Waals surface area contributed by atoms with Crippen molar-refractivity contribution in [2.24, 2.45) is 0 Å². The van der Waals surface area contributed by atoms with Crippen LogP contribution in [0.5, 0.6) is 0 Å². The number of hydrogen-bond acceptors (Lipinski definition) is 6. The van der Waals surface area contributed by atoms with Crippen LogP contribution in [0, 0.1) is 0 Å². The van der Waals surface area contributed by atoms with E-state index < -0.39 is 37.7 Å². The van der Waals surface area contributed by atoms with Crippen molar-refractivity contribution < 1.29 is 23.7 Å². The highest BCUT2D eigenvalue weighted by Gasteiger charge is 2.24. The van der Waals surface area contributed by atoms with Crippen LogP contribution in [0.1, 0.15) is 6.23 Å². The monoisotopic (exact) mass is 265 g/mol. The minimum absolute atomic E-state index is 0.0573. The summed E-state index contributed by atoms with van der Waals surface area (Å²) in [5.41, 5.74) is 4.36. The van der Waals surface area contributed by atoms with Gasteiger partial charge < -0.3 is 20.7 Å². The van der Waals surface area contributed by atoms with Gasteiger partial charge in [-0.3, -0.25) is 4.57 Å². The number of aliphatic hydroxyl groups excluding tert-OH is 2. The predicted molar refractivity (Wildman–Crippen MR) is 57.0 cm³/mol. The van der Waals surface area contributed by atoms with E-state index in [1.165, 1.54) is 6.07 Å². The summed E-state index contributed by atoms with van der Waals surface area (Å²) in [6.07, 6.45) is -4.54. The number of ether oxygens (including phenoxy) is 1. The summed E-state index contributed by atoms with van der Waals surface area (Å²) in [6, 6.07) is 1.23. The first-order valence-corrected chi connectivity index (χ1v) is 4.98. The van der Waals surface area contributed by atoms with Crippen LogP contribution in [0.15, 0.2) is 17.1 Å². The number of aliphatic hydroxyl groups is 2. The maximum atomic E-state index is 12.8. The molecule has 102 valence electrons. The standard InChI is InChI=1S/C9H13F2N3O4/c10-3-7(18-5(4-15)8(11)16)14-2-1-6(12)13-9(14)17/h1-2,5,7-8,15-16H,3-4H2,(H2,12,13,17)/t5-,7-,8-/m1/s1. The molecule has 0 spiro atoms. The van der Waals surface area contributed by atoms with Crippen LogP contribution >= 0.6 is 0 Å². The van der Waals surface area contributed by atoms with E-state index >= 15 is 0 Å². The smallest absolute Gasteiger partial charge is 0.351 e. The maximum absolute atomic E-state index is 12.8. The molecular formula is C9H13F2N3O4. The van der Waals surface area contributed by atoms with Gasteiger partial charge in [0.15, 0.2) is 6.23 Å². The fraction of sp³-hybridized carbons (Fsp3) is 0.556. The molecule has 9 heteroatoms. The molecule has 4 N–H and O–H groups in total. The summed E-state index contributed by atoms with van der Waals surface area (Å²) in [6.45, 7) is -2.04. The zero-order valence-electron chi connectivity index (χ0n) is 9.24. The normalized spacial score (nSPS) is 16.2. The van der Waals surface area contributed by atoms with Gasteiger partial charge in [0.1, 0.15) is 18.6 Å². The van der Waals surface area contributed by atoms with Crippen LogP contribution in [-0.2, 0) is 4.74 Å². The lowest BCUT2D eigenvalue weighted by Gasteiger charge is -2.23. The molecule has 0 aromatic carbocycles. The molecule has 0 unspecified atom stereocenters. The molecule has 0 aliphatic heterocycles. The number of halogens is 2. The van der Waals surface area contributed by atoms with Gasteiger partial charge in [-0.15, -0.1) is 0 Å². The summed E-state index contributed by atoms with van der Waals surface area (Å²) < 4.78 is 30.8. The molecule has 18 heavy (non-hydrogen) atoms. The minimum Gasteiger partial charge on any atom is -0.393 e. The number of nitrogen functional groups attached to an aromatic ring is 1. The second-order valence-corrected chi connectivity index (χ2v) is 3.38. The number of nitrogens with zero attached hydrogens (tertiary/aromatic N) is 2. The molecule has 0 aliphatic carbocycles. The number of nitrogens with two attached hydrogens (primary N) is 1. The summed E-state index contributed by atoms with van der Waals surface area (Å²) in [7, 11) is 0. The van der Waals surface area contributed by atoms with E-state index in [0.717, 1.165) is 10.8 Å². The van der Waals surface area contributed by atoms with E-state index in [1.54, 1.807) is 0 Å². The molecular weight excluding hydrogens is 252 g/mol. The molecule has 3 atom stereocenters. The SMILES string of the molecule is Nc1ccn([C@@H](CF)O[C@H](CO)[C@@H](O)F)c(=O)n1. The second-order valence-electron chi connectivity index (χ2n) is 3.38. The van der Waals surface area contributed by atoms with Gasteiger partial charge >= 0.3 is 5.69 Å². The van der Waals surface area contributed by atoms with Crippen molar-refractivity contribution >= 4 is 5.82 Å². The first-order valence-electron chi connectivity index (χ1n) is 4.98. The van der Waals surface area contributed by atoms with Crippen molar-refractivity contribution in [2.45, 2.75) is 18.7 Å². The van der Waals surface area contributed by atoms with Crippen LogP contribution in [0.3, 0.4) is 0 Å².